The van der Waals surface area contributed by atoms with E-state index in [0.29, 0.717) is 24.4 Å². The molecule has 2 aromatic heterocycles. The summed E-state index contributed by atoms with van der Waals surface area (Å²) >= 11 is 0. The van der Waals surface area contributed by atoms with Crippen LogP contribution in [0.15, 0.2) is 29.1 Å². The van der Waals surface area contributed by atoms with Crippen molar-refractivity contribution in [3.05, 3.63) is 51.8 Å². The minimum atomic E-state index is -3.30. The Hall–Kier alpha value is -2.66. The van der Waals surface area contributed by atoms with Gasteiger partial charge in [0, 0.05) is 19.0 Å². The average Bonchev–Trinajstić information content (AvgIpc) is 3.13. The van der Waals surface area contributed by atoms with Crippen LogP contribution in [0.1, 0.15) is 37.1 Å². The number of halogens is 1. The number of sulfonamides is 1. The lowest BCUT2D eigenvalue weighted by molar-refractivity contribution is 0.309. The van der Waals surface area contributed by atoms with Gasteiger partial charge in [-0.05, 0) is 37.5 Å². The fourth-order valence-corrected chi connectivity index (χ4v) is 4.73. The second kappa shape index (κ2) is 7.64. The van der Waals surface area contributed by atoms with E-state index in [4.69, 9.17) is 0 Å². The summed E-state index contributed by atoms with van der Waals surface area (Å²) in [6.07, 6.45) is 1.42. The van der Waals surface area contributed by atoms with Crippen molar-refractivity contribution in [1.82, 2.24) is 29.3 Å². The molecule has 3 heterocycles. The summed E-state index contributed by atoms with van der Waals surface area (Å²) in [6, 6.07) is 5.97. The fraction of sp³-hybridized carbons (Fsp3) is 0.444. The third-order valence-electron chi connectivity index (χ3n) is 5.17. The summed E-state index contributed by atoms with van der Waals surface area (Å²) in [4.78, 5) is 19.8. The molecule has 0 bridgehead atoms. The van der Waals surface area contributed by atoms with Gasteiger partial charge in [-0.2, -0.15) is 0 Å². The van der Waals surface area contributed by atoms with Gasteiger partial charge < -0.3 is 4.98 Å². The molecule has 1 aliphatic rings. The number of hydrogen-bond acceptors (Lipinski definition) is 6. The van der Waals surface area contributed by atoms with E-state index in [9.17, 15) is 17.6 Å². The molecule has 11 heteroatoms. The Kier molecular flexibility index (Phi) is 5.17. The zero-order chi connectivity index (χ0) is 20.6. The van der Waals surface area contributed by atoms with Gasteiger partial charge in [0.1, 0.15) is 11.6 Å². The first-order chi connectivity index (χ1) is 13.9. The van der Waals surface area contributed by atoms with Crippen molar-refractivity contribution in [3.8, 4) is 0 Å². The summed E-state index contributed by atoms with van der Waals surface area (Å²) in [6.45, 7) is 2.66. The number of aromatic nitrogens is 5. The lowest BCUT2D eigenvalue weighted by Crippen LogP contribution is -2.40. The summed E-state index contributed by atoms with van der Waals surface area (Å²) in [5.74, 6) is -0.0766. The van der Waals surface area contributed by atoms with Gasteiger partial charge >= 0.3 is 0 Å². The van der Waals surface area contributed by atoms with Gasteiger partial charge in [0.2, 0.25) is 10.0 Å². The minimum absolute atomic E-state index is 0.0388. The first kappa shape index (κ1) is 19.6. The number of hydrogen-bond donors (Lipinski definition) is 1. The molecular formula is C18H21FN6O3S. The summed E-state index contributed by atoms with van der Waals surface area (Å²) in [5.41, 5.74) is 0.818. The van der Waals surface area contributed by atoms with Crippen LogP contribution in [0.25, 0.3) is 11.2 Å². The molecule has 0 spiro atoms. The SMILES string of the molecule is CCS(=O)(=O)N1CCC[C@@H](c2nc3c(nnn3Cc3ccc(F)cc3)c(=O)[nH]2)C1. The minimum Gasteiger partial charge on any atom is -0.308 e. The molecule has 154 valence electrons. The average molecular weight is 420 g/mol. The molecule has 9 nitrogen and oxygen atoms in total. The van der Waals surface area contributed by atoms with Crippen LogP contribution in [0.4, 0.5) is 4.39 Å². The molecule has 1 aliphatic heterocycles. The van der Waals surface area contributed by atoms with Gasteiger partial charge in [0.25, 0.3) is 5.56 Å². The van der Waals surface area contributed by atoms with E-state index in [-0.39, 0.29) is 36.1 Å². The van der Waals surface area contributed by atoms with Crippen LogP contribution in [0.3, 0.4) is 0 Å². The third-order valence-corrected chi connectivity index (χ3v) is 7.01. The predicted octanol–water partition coefficient (Wildman–Crippen LogP) is 1.23. The third kappa shape index (κ3) is 3.92. The number of benzene rings is 1. The Labute approximate surface area is 166 Å². The molecular weight excluding hydrogens is 399 g/mol. The van der Waals surface area contributed by atoms with Crippen LogP contribution in [0, 0.1) is 5.82 Å². The molecule has 0 saturated carbocycles. The van der Waals surface area contributed by atoms with E-state index in [0.717, 1.165) is 12.0 Å². The van der Waals surface area contributed by atoms with Crippen LogP contribution in [0.5, 0.6) is 0 Å². The largest absolute Gasteiger partial charge is 0.308 e. The van der Waals surface area contributed by atoms with E-state index >= 15 is 0 Å². The second-order valence-corrected chi connectivity index (χ2v) is 9.35. The molecule has 0 amide bonds. The molecule has 4 rings (SSSR count). The number of rotatable bonds is 5. The van der Waals surface area contributed by atoms with Crippen LogP contribution in [0.2, 0.25) is 0 Å². The fourth-order valence-electron chi connectivity index (χ4n) is 3.55. The summed E-state index contributed by atoms with van der Waals surface area (Å²) in [5, 5.41) is 7.92. The molecule has 0 unspecified atom stereocenters. The molecule has 0 radical (unpaired) electrons. The number of nitrogens with zero attached hydrogens (tertiary/aromatic N) is 5. The molecule has 1 fully saturated rings. The molecule has 3 aromatic rings. The highest BCUT2D eigenvalue weighted by molar-refractivity contribution is 7.89. The van der Waals surface area contributed by atoms with E-state index < -0.39 is 15.6 Å². The van der Waals surface area contributed by atoms with Crippen LogP contribution in [-0.2, 0) is 16.6 Å². The highest BCUT2D eigenvalue weighted by Crippen LogP contribution is 2.26. The molecule has 1 saturated heterocycles. The highest BCUT2D eigenvalue weighted by atomic mass is 32.2. The van der Waals surface area contributed by atoms with Crippen LogP contribution in [-0.4, -0.2) is 56.5 Å². The first-order valence-electron chi connectivity index (χ1n) is 9.43. The zero-order valence-electron chi connectivity index (χ0n) is 15.9. The molecule has 0 aliphatic carbocycles. The number of piperidine rings is 1. The lowest BCUT2D eigenvalue weighted by atomic mass is 9.99. The quantitative estimate of drug-likeness (QED) is 0.664. The Morgan fingerprint density at radius 2 is 2.03 bits per heavy atom. The Morgan fingerprint density at radius 1 is 1.28 bits per heavy atom. The Bertz CT molecular complexity index is 1190. The van der Waals surface area contributed by atoms with Crippen molar-refractivity contribution in [2.75, 3.05) is 18.8 Å². The van der Waals surface area contributed by atoms with Crippen molar-refractivity contribution in [2.45, 2.75) is 32.2 Å². The first-order valence-corrected chi connectivity index (χ1v) is 11.0. The maximum Gasteiger partial charge on any atom is 0.281 e. The van der Waals surface area contributed by atoms with Gasteiger partial charge in [-0.3, -0.25) is 4.79 Å². The van der Waals surface area contributed by atoms with E-state index in [2.05, 4.69) is 20.3 Å². The van der Waals surface area contributed by atoms with Gasteiger partial charge in [0.05, 0.1) is 12.3 Å². The summed E-state index contributed by atoms with van der Waals surface area (Å²) < 4.78 is 40.5. The van der Waals surface area contributed by atoms with Crippen molar-refractivity contribution >= 4 is 21.2 Å². The number of fused-ring (bicyclic) bond motifs is 1. The number of nitrogens with one attached hydrogen (secondary N) is 1. The Morgan fingerprint density at radius 3 is 2.76 bits per heavy atom. The Balaban J connectivity index is 1.67. The van der Waals surface area contributed by atoms with E-state index in [1.165, 1.54) is 21.1 Å². The predicted molar refractivity (Wildman–Crippen MR) is 104 cm³/mol. The van der Waals surface area contributed by atoms with Crippen LogP contribution >= 0.6 is 0 Å². The van der Waals surface area contributed by atoms with Gasteiger partial charge in [0.15, 0.2) is 11.2 Å². The van der Waals surface area contributed by atoms with Gasteiger partial charge in [-0.1, -0.05) is 17.3 Å². The molecule has 1 aromatic carbocycles. The second-order valence-electron chi connectivity index (χ2n) is 7.09. The maximum absolute atomic E-state index is 13.1. The normalized spacial score (nSPS) is 18.3. The molecule has 1 N–H and O–H groups in total. The summed E-state index contributed by atoms with van der Waals surface area (Å²) in [7, 11) is -3.30. The molecule has 29 heavy (non-hydrogen) atoms. The molecule has 1 atom stereocenters. The van der Waals surface area contributed by atoms with Gasteiger partial charge in [-0.15, -0.1) is 5.10 Å². The standard InChI is InChI=1S/C18H21FN6O3S/c1-2-29(27,28)24-9-3-4-13(11-24)16-20-17-15(18(26)21-16)22-23-25(17)10-12-5-7-14(19)8-6-12/h5-8,13H,2-4,9-11H2,1H3,(H,20,21,26)/t13-/m1/s1. The van der Waals surface area contributed by atoms with Crippen molar-refractivity contribution < 1.29 is 12.8 Å². The van der Waals surface area contributed by atoms with E-state index in [1.54, 1.807) is 19.1 Å². The topological polar surface area (TPSA) is 114 Å². The smallest absolute Gasteiger partial charge is 0.281 e. The van der Waals surface area contributed by atoms with E-state index in [1.807, 2.05) is 0 Å². The van der Waals surface area contributed by atoms with Crippen molar-refractivity contribution in [1.29, 1.82) is 0 Å². The highest BCUT2D eigenvalue weighted by Gasteiger charge is 2.30. The maximum atomic E-state index is 13.1. The number of aromatic amines is 1. The van der Waals surface area contributed by atoms with Crippen LogP contribution < -0.4 is 5.56 Å². The monoisotopic (exact) mass is 420 g/mol. The van der Waals surface area contributed by atoms with Crippen molar-refractivity contribution in [2.24, 2.45) is 0 Å². The lowest BCUT2D eigenvalue weighted by Gasteiger charge is -2.31. The number of H-pyrrole nitrogens is 1. The van der Waals surface area contributed by atoms with Crippen molar-refractivity contribution in [3.63, 3.8) is 0 Å². The zero-order valence-corrected chi connectivity index (χ0v) is 16.7. The van der Waals surface area contributed by atoms with Gasteiger partial charge in [-0.25, -0.2) is 26.8 Å².